The third-order valence-corrected chi connectivity index (χ3v) is 5.82. The average molecular weight is 480 g/mol. The molecule has 9 heteroatoms. The van der Waals surface area contributed by atoms with Gasteiger partial charge in [-0.2, -0.15) is 0 Å². The molecule has 0 bridgehead atoms. The molecule has 3 aromatic rings. The Morgan fingerprint density at radius 2 is 1.97 bits per heavy atom. The summed E-state index contributed by atoms with van der Waals surface area (Å²) in [5, 5.41) is 5.80. The largest absolute Gasteiger partial charge is 0.497 e. The molecule has 2 heterocycles. The van der Waals surface area contributed by atoms with E-state index in [9.17, 15) is 9.59 Å². The smallest absolute Gasteiger partial charge is 0.253 e. The summed E-state index contributed by atoms with van der Waals surface area (Å²) in [7, 11) is 3.13. The van der Waals surface area contributed by atoms with Crippen LogP contribution in [-0.4, -0.2) is 43.7 Å². The number of anilines is 1. The maximum atomic E-state index is 12.6. The van der Waals surface area contributed by atoms with Crippen molar-refractivity contribution in [2.45, 2.75) is 38.8 Å². The van der Waals surface area contributed by atoms with Gasteiger partial charge in [-0.3, -0.25) is 9.59 Å². The average Bonchev–Trinajstić information content (AvgIpc) is 3.53. The van der Waals surface area contributed by atoms with Gasteiger partial charge in [-0.1, -0.05) is 12.1 Å². The zero-order valence-corrected chi connectivity index (χ0v) is 20.1. The van der Waals surface area contributed by atoms with Gasteiger partial charge in [-0.25, -0.2) is 4.98 Å². The standard InChI is InChI=1S/C26H29N3O6/c1-16-21(15-27-24(30)14-17-13-18(32-2)10-11-22(17)33-3)29-26(35-16)19-7-4-5-8-20(19)28-25(31)23-9-6-12-34-23/h4-5,7-8,10-11,13,23H,6,9,12,14-15H2,1-3H3,(H,27,30)(H,28,31). The minimum Gasteiger partial charge on any atom is -0.497 e. The molecule has 1 aliphatic rings. The van der Waals surface area contributed by atoms with Gasteiger partial charge in [0.1, 0.15) is 29.1 Å². The molecule has 4 rings (SSSR count). The first kappa shape index (κ1) is 24.3. The summed E-state index contributed by atoms with van der Waals surface area (Å²) in [4.78, 5) is 29.7. The summed E-state index contributed by atoms with van der Waals surface area (Å²) in [6.45, 7) is 2.58. The molecule has 2 amide bonds. The molecule has 35 heavy (non-hydrogen) atoms. The molecular formula is C26H29N3O6. The van der Waals surface area contributed by atoms with Crippen LogP contribution in [0.1, 0.15) is 29.9 Å². The van der Waals surface area contributed by atoms with Crippen LogP contribution in [0.25, 0.3) is 11.5 Å². The van der Waals surface area contributed by atoms with Gasteiger partial charge in [0.05, 0.1) is 38.4 Å². The zero-order chi connectivity index (χ0) is 24.8. The van der Waals surface area contributed by atoms with Crippen molar-refractivity contribution < 1.29 is 28.2 Å². The molecule has 9 nitrogen and oxygen atoms in total. The Hall–Kier alpha value is -3.85. The zero-order valence-electron chi connectivity index (χ0n) is 20.1. The van der Waals surface area contributed by atoms with E-state index in [1.807, 2.05) is 18.2 Å². The number of oxazole rings is 1. The number of benzene rings is 2. The minimum atomic E-state index is -0.441. The lowest BCUT2D eigenvalue weighted by Gasteiger charge is -2.12. The predicted octanol–water partition coefficient (Wildman–Crippen LogP) is 3.64. The monoisotopic (exact) mass is 479 g/mol. The maximum Gasteiger partial charge on any atom is 0.253 e. The molecule has 1 aliphatic heterocycles. The van der Waals surface area contributed by atoms with Gasteiger partial charge in [0.25, 0.3) is 5.91 Å². The first-order valence-corrected chi connectivity index (χ1v) is 11.4. The number of nitrogens with zero attached hydrogens (tertiary/aromatic N) is 1. The Morgan fingerprint density at radius 3 is 2.71 bits per heavy atom. The van der Waals surface area contributed by atoms with Crippen molar-refractivity contribution in [1.82, 2.24) is 10.3 Å². The molecule has 2 N–H and O–H groups in total. The number of nitrogens with one attached hydrogen (secondary N) is 2. The first-order valence-electron chi connectivity index (χ1n) is 11.4. The van der Waals surface area contributed by atoms with Gasteiger partial charge in [0.2, 0.25) is 11.8 Å². The number of rotatable bonds is 9. The lowest BCUT2D eigenvalue weighted by Crippen LogP contribution is -2.27. The van der Waals surface area contributed by atoms with Crippen molar-refractivity contribution in [1.29, 1.82) is 0 Å². The molecule has 1 unspecified atom stereocenters. The van der Waals surface area contributed by atoms with E-state index < -0.39 is 6.10 Å². The molecule has 1 fully saturated rings. The highest BCUT2D eigenvalue weighted by molar-refractivity contribution is 5.97. The Balaban J connectivity index is 1.43. The number of aromatic nitrogens is 1. The highest BCUT2D eigenvalue weighted by Crippen LogP contribution is 2.30. The van der Waals surface area contributed by atoms with Crippen molar-refractivity contribution in [2.24, 2.45) is 0 Å². The molecular weight excluding hydrogens is 450 g/mol. The van der Waals surface area contributed by atoms with Gasteiger partial charge in [0, 0.05) is 12.2 Å². The number of para-hydroxylation sites is 1. The summed E-state index contributed by atoms with van der Waals surface area (Å²) in [6.07, 6.45) is 1.27. The number of ether oxygens (including phenoxy) is 3. The Kier molecular flexibility index (Phi) is 7.67. The van der Waals surface area contributed by atoms with Gasteiger partial charge in [0.15, 0.2) is 0 Å². The van der Waals surface area contributed by atoms with Crippen LogP contribution >= 0.6 is 0 Å². The number of hydrogen-bond donors (Lipinski definition) is 2. The first-order chi connectivity index (χ1) is 17.0. The van der Waals surface area contributed by atoms with Crippen LogP contribution in [-0.2, 0) is 27.3 Å². The lowest BCUT2D eigenvalue weighted by molar-refractivity contribution is -0.124. The maximum absolute atomic E-state index is 12.6. The number of hydrogen-bond acceptors (Lipinski definition) is 7. The van der Waals surface area contributed by atoms with E-state index in [4.69, 9.17) is 18.6 Å². The second-order valence-corrected chi connectivity index (χ2v) is 8.19. The van der Waals surface area contributed by atoms with Crippen LogP contribution in [0.15, 0.2) is 46.9 Å². The summed E-state index contributed by atoms with van der Waals surface area (Å²) in [5.74, 6) is 1.84. The second-order valence-electron chi connectivity index (χ2n) is 8.19. The number of amides is 2. The van der Waals surface area contributed by atoms with Crippen LogP contribution in [0.3, 0.4) is 0 Å². The van der Waals surface area contributed by atoms with E-state index in [1.54, 1.807) is 45.4 Å². The van der Waals surface area contributed by atoms with Gasteiger partial charge < -0.3 is 29.3 Å². The minimum absolute atomic E-state index is 0.127. The number of methoxy groups -OCH3 is 2. The fraction of sp³-hybridized carbons (Fsp3) is 0.346. The van der Waals surface area contributed by atoms with E-state index >= 15 is 0 Å². The number of carbonyl (C=O) groups excluding carboxylic acids is 2. The van der Waals surface area contributed by atoms with Gasteiger partial charge >= 0.3 is 0 Å². The number of aryl methyl sites for hydroxylation is 1. The Morgan fingerprint density at radius 1 is 1.14 bits per heavy atom. The molecule has 0 spiro atoms. The van der Waals surface area contributed by atoms with E-state index in [-0.39, 0.29) is 24.8 Å². The molecule has 2 aromatic carbocycles. The Labute approximate surface area is 203 Å². The number of carbonyl (C=O) groups is 2. The van der Waals surface area contributed by atoms with Crippen LogP contribution in [0.5, 0.6) is 11.5 Å². The van der Waals surface area contributed by atoms with Crippen molar-refractivity contribution in [3.63, 3.8) is 0 Å². The quantitative estimate of drug-likeness (QED) is 0.482. The van der Waals surface area contributed by atoms with Crippen LogP contribution in [0.4, 0.5) is 5.69 Å². The summed E-state index contributed by atoms with van der Waals surface area (Å²) < 4.78 is 22.0. The van der Waals surface area contributed by atoms with Crippen LogP contribution < -0.4 is 20.1 Å². The highest BCUT2D eigenvalue weighted by atomic mass is 16.5. The van der Waals surface area contributed by atoms with Gasteiger partial charge in [-0.15, -0.1) is 0 Å². The summed E-state index contributed by atoms with van der Waals surface area (Å²) >= 11 is 0. The molecule has 0 radical (unpaired) electrons. The highest BCUT2D eigenvalue weighted by Gasteiger charge is 2.25. The van der Waals surface area contributed by atoms with Crippen molar-refractivity contribution in [3.05, 3.63) is 59.5 Å². The van der Waals surface area contributed by atoms with Crippen molar-refractivity contribution in [3.8, 4) is 23.0 Å². The van der Waals surface area contributed by atoms with E-state index in [2.05, 4.69) is 15.6 Å². The fourth-order valence-electron chi connectivity index (χ4n) is 3.92. The topological polar surface area (TPSA) is 112 Å². The SMILES string of the molecule is COc1ccc(OC)c(CC(=O)NCc2nc(-c3ccccc3NC(=O)C3CCCO3)oc2C)c1. The van der Waals surface area contributed by atoms with Crippen LogP contribution in [0, 0.1) is 6.92 Å². The second kappa shape index (κ2) is 11.1. The third kappa shape index (κ3) is 5.81. The van der Waals surface area contributed by atoms with E-state index in [0.717, 1.165) is 12.0 Å². The Bertz CT molecular complexity index is 1200. The summed E-state index contributed by atoms with van der Waals surface area (Å²) in [5.41, 5.74) is 2.57. The summed E-state index contributed by atoms with van der Waals surface area (Å²) in [6, 6.07) is 12.6. The normalized spacial score (nSPS) is 15.0. The molecule has 1 atom stereocenters. The van der Waals surface area contributed by atoms with Crippen LogP contribution in [0.2, 0.25) is 0 Å². The lowest BCUT2D eigenvalue weighted by atomic mass is 10.1. The molecule has 184 valence electrons. The van der Waals surface area contributed by atoms with E-state index in [0.29, 0.717) is 53.1 Å². The predicted molar refractivity (Wildman–Crippen MR) is 129 cm³/mol. The molecule has 0 aliphatic carbocycles. The molecule has 1 saturated heterocycles. The fourth-order valence-corrected chi connectivity index (χ4v) is 3.92. The van der Waals surface area contributed by atoms with Crippen molar-refractivity contribution in [2.75, 3.05) is 26.1 Å². The molecule has 0 saturated carbocycles. The third-order valence-electron chi connectivity index (χ3n) is 5.82. The van der Waals surface area contributed by atoms with Gasteiger partial charge in [-0.05, 0) is 50.1 Å². The van der Waals surface area contributed by atoms with Crippen molar-refractivity contribution >= 4 is 17.5 Å². The van der Waals surface area contributed by atoms with E-state index in [1.165, 1.54) is 0 Å². The molecule has 1 aromatic heterocycles.